The summed E-state index contributed by atoms with van der Waals surface area (Å²) in [7, 11) is 0. The highest BCUT2D eigenvalue weighted by Crippen LogP contribution is 2.30. The van der Waals surface area contributed by atoms with Crippen LogP contribution >= 0.6 is 23.8 Å². The van der Waals surface area contributed by atoms with Crippen molar-refractivity contribution in [2.45, 2.75) is 19.6 Å². The number of carbonyl (C=O) groups is 1. The number of hydrogen-bond acceptors (Lipinski definition) is 3. The zero-order chi connectivity index (χ0) is 22.8. The van der Waals surface area contributed by atoms with Gasteiger partial charge in [-0.1, -0.05) is 11.6 Å². The molecule has 1 amide bonds. The number of halogens is 4. The topological polar surface area (TPSA) is 75.2 Å². The van der Waals surface area contributed by atoms with Crippen LogP contribution in [0.1, 0.15) is 22.8 Å². The van der Waals surface area contributed by atoms with E-state index in [1.54, 1.807) is 31.2 Å². The Bertz CT molecular complexity index is 1210. The van der Waals surface area contributed by atoms with Crippen LogP contribution in [0.3, 0.4) is 0 Å². The van der Waals surface area contributed by atoms with Gasteiger partial charge in [0, 0.05) is 28.8 Å². The van der Waals surface area contributed by atoms with Crippen molar-refractivity contribution in [3.63, 3.8) is 0 Å². The van der Waals surface area contributed by atoms with Gasteiger partial charge in [0.1, 0.15) is 5.56 Å². The van der Waals surface area contributed by atoms with Crippen molar-refractivity contribution in [3.8, 4) is 0 Å². The van der Waals surface area contributed by atoms with E-state index in [0.29, 0.717) is 22.8 Å². The van der Waals surface area contributed by atoms with Crippen LogP contribution in [0.2, 0.25) is 5.02 Å². The largest absolute Gasteiger partial charge is 0.416 e. The maximum Gasteiger partial charge on any atom is 0.416 e. The molecule has 0 aliphatic carbocycles. The van der Waals surface area contributed by atoms with Crippen LogP contribution in [-0.4, -0.2) is 15.6 Å². The number of thiocarbonyl (C=S) groups is 1. The van der Waals surface area contributed by atoms with Crippen LogP contribution in [-0.2, 0) is 12.7 Å². The zero-order valence-corrected chi connectivity index (χ0v) is 17.6. The zero-order valence-electron chi connectivity index (χ0n) is 16.0. The van der Waals surface area contributed by atoms with Crippen molar-refractivity contribution in [2.75, 3.05) is 5.32 Å². The lowest BCUT2D eigenvalue weighted by Gasteiger charge is -2.15. The maximum absolute atomic E-state index is 13.1. The van der Waals surface area contributed by atoms with E-state index in [0.717, 1.165) is 12.1 Å². The predicted octanol–water partition coefficient (Wildman–Crippen LogP) is 4.33. The molecule has 0 atom stereocenters. The molecule has 3 N–H and O–H groups in total. The minimum Gasteiger partial charge on any atom is -0.347 e. The molecule has 0 aliphatic rings. The SMILES string of the molecule is CCn1cc(C(=O)NNC(=S)Nc2ccc(Cl)cc2)c(=O)c2cc(C(F)(F)F)ccc21. The standard InChI is InChI=1S/C20H16ClF3N4O2S/c1-2-28-10-15(17(29)14-9-11(20(22,23)24)3-8-16(14)28)18(30)26-27-19(31)25-13-6-4-12(21)5-7-13/h3-10H,2H2,1H3,(H,26,30)(H2,25,27,31). The van der Waals surface area contributed by atoms with Crippen LogP contribution in [0.5, 0.6) is 0 Å². The summed E-state index contributed by atoms with van der Waals surface area (Å²) in [5.74, 6) is -0.841. The van der Waals surface area contributed by atoms with Crippen molar-refractivity contribution in [1.82, 2.24) is 15.4 Å². The molecule has 31 heavy (non-hydrogen) atoms. The first-order chi connectivity index (χ1) is 14.6. The Balaban J connectivity index is 1.84. The summed E-state index contributed by atoms with van der Waals surface area (Å²) < 4.78 is 40.7. The molecule has 1 aromatic heterocycles. The molecule has 0 bridgehead atoms. The highest BCUT2D eigenvalue weighted by atomic mass is 35.5. The number of alkyl halides is 3. The van der Waals surface area contributed by atoms with Gasteiger partial charge in [-0.25, -0.2) is 0 Å². The van der Waals surface area contributed by atoms with E-state index in [1.165, 1.54) is 16.8 Å². The molecular formula is C20H16ClF3N4O2S. The Hall–Kier alpha value is -3.11. The van der Waals surface area contributed by atoms with Crippen LogP contribution in [0.25, 0.3) is 10.9 Å². The van der Waals surface area contributed by atoms with E-state index in [9.17, 15) is 22.8 Å². The van der Waals surface area contributed by atoms with Gasteiger partial charge in [-0.2, -0.15) is 13.2 Å². The average molecular weight is 469 g/mol. The molecule has 0 fully saturated rings. The number of aromatic nitrogens is 1. The molecular weight excluding hydrogens is 453 g/mol. The second-order valence-electron chi connectivity index (χ2n) is 6.43. The number of hydrazine groups is 1. The highest BCUT2D eigenvalue weighted by Gasteiger charge is 2.31. The molecule has 0 unspecified atom stereocenters. The van der Waals surface area contributed by atoms with Gasteiger partial charge >= 0.3 is 6.18 Å². The minimum absolute atomic E-state index is 0.0339. The lowest BCUT2D eigenvalue weighted by Crippen LogP contribution is -2.45. The first kappa shape index (κ1) is 22.6. The fraction of sp³-hybridized carbons (Fsp3) is 0.150. The monoisotopic (exact) mass is 468 g/mol. The van der Waals surface area contributed by atoms with Crippen LogP contribution in [0.4, 0.5) is 18.9 Å². The maximum atomic E-state index is 13.1. The summed E-state index contributed by atoms with van der Waals surface area (Å²) in [5, 5.41) is 3.17. The van der Waals surface area contributed by atoms with Gasteiger partial charge in [0.15, 0.2) is 5.11 Å². The van der Waals surface area contributed by atoms with E-state index in [2.05, 4.69) is 16.2 Å². The highest BCUT2D eigenvalue weighted by molar-refractivity contribution is 7.80. The van der Waals surface area contributed by atoms with Crippen molar-refractivity contribution < 1.29 is 18.0 Å². The molecule has 0 radical (unpaired) electrons. The Morgan fingerprint density at radius 2 is 1.81 bits per heavy atom. The summed E-state index contributed by atoms with van der Waals surface area (Å²) in [5.41, 5.74) is 3.52. The molecule has 6 nitrogen and oxygen atoms in total. The molecule has 0 saturated heterocycles. The molecule has 0 saturated carbocycles. The number of hydrogen-bond donors (Lipinski definition) is 3. The van der Waals surface area contributed by atoms with Crippen LogP contribution < -0.4 is 21.6 Å². The van der Waals surface area contributed by atoms with Crippen LogP contribution in [0.15, 0.2) is 53.5 Å². The van der Waals surface area contributed by atoms with E-state index in [-0.39, 0.29) is 16.1 Å². The molecule has 11 heteroatoms. The van der Waals surface area contributed by atoms with E-state index >= 15 is 0 Å². The van der Waals surface area contributed by atoms with E-state index < -0.39 is 23.1 Å². The second-order valence-corrected chi connectivity index (χ2v) is 7.27. The van der Waals surface area contributed by atoms with Gasteiger partial charge in [-0.05, 0) is 61.6 Å². The third-order valence-corrected chi connectivity index (χ3v) is 4.84. The van der Waals surface area contributed by atoms with E-state index in [4.69, 9.17) is 23.8 Å². The number of aryl methyl sites for hydroxylation is 1. The van der Waals surface area contributed by atoms with Gasteiger partial charge in [0.25, 0.3) is 5.91 Å². The Labute approximate surface area is 185 Å². The summed E-state index contributed by atoms with van der Waals surface area (Å²) in [6, 6.07) is 9.48. The molecule has 3 aromatic rings. The summed E-state index contributed by atoms with van der Waals surface area (Å²) in [4.78, 5) is 25.3. The molecule has 0 aliphatic heterocycles. The van der Waals surface area contributed by atoms with Crippen molar-refractivity contribution in [1.29, 1.82) is 0 Å². The Morgan fingerprint density at radius 3 is 2.42 bits per heavy atom. The number of anilines is 1. The number of amides is 1. The van der Waals surface area contributed by atoms with Gasteiger partial charge in [0.05, 0.1) is 11.1 Å². The number of benzene rings is 2. The number of pyridine rings is 1. The third-order valence-electron chi connectivity index (χ3n) is 4.38. The molecule has 0 spiro atoms. The number of rotatable bonds is 3. The summed E-state index contributed by atoms with van der Waals surface area (Å²) in [6.45, 7) is 2.08. The predicted molar refractivity (Wildman–Crippen MR) is 117 cm³/mol. The fourth-order valence-electron chi connectivity index (χ4n) is 2.87. The second kappa shape index (κ2) is 8.94. The van der Waals surface area contributed by atoms with Crippen molar-refractivity contribution in [2.24, 2.45) is 0 Å². The average Bonchev–Trinajstić information content (AvgIpc) is 2.73. The third kappa shape index (κ3) is 5.15. The number of carbonyl (C=O) groups excluding carboxylic acids is 1. The normalized spacial score (nSPS) is 11.3. The first-order valence-corrected chi connectivity index (χ1v) is 9.76. The fourth-order valence-corrected chi connectivity index (χ4v) is 3.17. The van der Waals surface area contributed by atoms with Gasteiger partial charge in [0.2, 0.25) is 5.43 Å². The smallest absolute Gasteiger partial charge is 0.347 e. The van der Waals surface area contributed by atoms with Gasteiger partial charge < -0.3 is 9.88 Å². The van der Waals surface area contributed by atoms with Crippen molar-refractivity contribution in [3.05, 3.63) is 75.0 Å². The number of nitrogens with one attached hydrogen (secondary N) is 3. The van der Waals surface area contributed by atoms with Gasteiger partial charge in [-0.3, -0.25) is 20.4 Å². The molecule has 1 heterocycles. The first-order valence-electron chi connectivity index (χ1n) is 8.97. The molecule has 3 rings (SSSR count). The number of nitrogens with zero attached hydrogens (tertiary/aromatic N) is 1. The lowest BCUT2D eigenvalue weighted by atomic mass is 10.1. The summed E-state index contributed by atoms with van der Waals surface area (Å²) >= 11 is 10.9. The van der Waals surface area contributed by atoms with E-state index in [1.807, 2.05) is 0 Å². The van der Waals surface area contributed by atoms with Crippen molar-refractivity contribution >= 4 is 51.4 Å². The quantitative estimate of drug-likeness (QED) is 0.394. The Kier molecular flexibility index (Phi) is 6.51. The minimum atomic E-state index is -4.61. The lowest BCUT2D eigenvalue weighted by molar-refractivity contribution is -0.137. The molecule has 2 aromatic carbocycles. The number of fused-ring (bicyclic) bond motifs is 1. The Morgan fingerprint density at radius 1 is 1.13 bits per heavy atom. The van der Waals surface area contributed by atoms with Gasteiger partial charge in [-0.15, -0.1) is 0 Å². The summed E-state index contributed by atoms with van der Waals surface area (Å²) in [6.07, 6.45) is -3.32. The van der Waals surface area contributed by atoms with Crippen LogP contribution in [0, 0.1) is 0 Å². The molecule has 162 valence electrons.